The molecule has 0 amide bonds. The maximum Gasteiger partial charge on any atom is 0.154 e. The fraction of sp³-hybridized carbons (Fsp3) is 0.111. The summed E-state index contributed by atoms with van der Waals surface area (Å²) in [7, 11) is 0. The van der Waals surface area contributed by atoms with Crippen molar-refractivity contribution >= 4 is 27.3 Å². The summed E-state index contributed by atoms with van der Waals surface area (Å²) < 4.78 is 1.07. The minimum absolute atomic E-state index is 0.125. The van der Waals surface area contributed by atoms with E-state index in [0.717, 1.165) is 14.4 Å². The molecule has 72 valence electrons. The fourth-order valence-corrected chi connectivity index (χ4v) is 2.42. The van der Waals surface area contributed by atoms with Crippen LogP contribution in [-0.2, 0) is 6.61 Å². The lowest BCUT2D eigenvalue weighted by Crippen LogP contribution is -1.94. The number of thiophene rings is 1. The Morgan fingerprint density at radius 3 is 2.86 bits per heavy atom. The summed E-state index contributed by atoms with van der Waals surface area (Å²) in [5, 5.41) is 8.88. The van der Waals surface area contributed by atoms with Crippen molar-refractivity contribution in [1.29, 1.82) is 0 Å². The van der Waals surface area contributed by atoms with E-state index in [1.54, 1.807) is 17.5 Å². The molecule has 0 fully saturated rings. The molecule has 5 heteroatoms. The van der Waals surface area contributed by atoms with Gasteiger partial charge in [-0.1, -0.05) is 0 Å². The second-order valence-electron chi connectivity index (χ2n) is 2.62. The molecule has 0 aliphatic heterocycles. The van der Waals surface area contributed by atoms with Crippen LogP contribution in [0.1, 0.15) is 5.82 Å². The molecule has 0 atom stereocenters. The zero-order valence-electron chi connectivity index (χ0n) is 7.14. The number of aromatic nitrogens is 2. The fourth-order valence-electron chi connectivity index (χ4n) is 1.06. The standard InChI is InChI=1S/C9H7BrN2OS/c10-8-2-1-7(14-8)6-3-4-11-9(5-13)12-6/h1-4,13H,5H2. The molecule has 0 saturated heterocycles. The van der Waals surface area contributed by atoms with Crippen molar-refractivity contribution in [2.75, 3.05) is 0 Å². The highest BCUT2D eigenvalue weighted by Crippen LogP contribution is 2.29. The maximum absolute atomic E-state index is 8.88. The third kappa shape index (κ3) is 2.00. The van der Waals surface area contributed by atoms with Crippen LogP contribution in [0.15, 0.2) is 28.2 Å². The Morgan fingerprint density at radius 2 is 2.21 bits per heavy atom. The van der Waals surface area contributed by atoms with Gasteiger partial charge in [-0.25, -0.2) is 9.97 Å². The first-order valence-electron chi connectivity index (χ1n) is 3.98. The van der Waals surface area contributed by atoms with Gasteiger partial charge in [-0.05, 0) is 34.1 Å². The van der Waals surface area contributed by atoms with Crippen LogP contribution in [-0.4, -0.2) is 15.1 Å². The van der Waals surface area contributed by atoms with E-state index in [4.69, 9.17) is 5.11 Å². The number of halogens is 1. The highest BCUT2D eigenvalue weighted by molar-refractivity contribution is 9.11. The van der Waals surface area contributed by atoms with Gasteiger partial charge in [0.15, 0.2) is 5.82 Å². The molecule has 14 heavy (non-hydrogen) atoms. The van der Waals surface area contributed by atoms with Crippen LogP contribution >= 0.6 is 27.3 Å². The zero-order valence-corrected chi connectivity index (χ0v) is 9.55. The van der Waals surface area contributed by atoms with Crippen LogP contribution in [0.25, 0.3) is 10.6 Å². The Kier molecular flexibility index (Phi) is 2.90. The van der Waals surface area contributed by atoms with Crippen LogP contribution in [0.2, 0.25) is 0 Å². The Balaban J connectivity index is 2.41. The minimum atomic E-state index is -0.125. The molecular formula is C9H7BrN2OS. The molecule has 0 spiro atoms. The molecule has 0 aliphatic carbocycles. The van der Waals surface area contributed by atoms with Crippen molar-refractivity contribution in [3.8, 4) is 10.6 Å². The highest BCUT2D eigenvalue weighted by atomic mass is 79.9. The number of aliphatic hydroxyl groups excluding tert-OH is 1. The van der Waals surface area contributed by atoms with Gasteiger partial charge in [-0.15, -0.1) is 11.3 Å². The van der Waals surface area contributed by atoms with Gasteiger partial charge in [0, 0.05) is 6.20 Å². The number of nitrogens with zero attached hydrogens (tertiary/aromatic N) is 2. The Morgan fingerprint density at radius 1 is 1.36 bits per heavy atom. The monoisotopic (exact) mass is 270 g/mol. The van der Waals surface area contributed by atoms with Gasteiger partial charge >= 0.3 is 0 Å². The molecule has 2 rings (SSSR count). The second-order valence-corrected chi connectivity index (χ2v) is 5.08. The van der Waals surface area contributed by atoms with Gasteiger partial charge < -0.3 is 5.11 Å². The number of rotatable bonds is 2. The van der Waals surface area contributed by atoms with E-state index in [2.05, 4.69) is 25.9 Å². The largest absolute Gasteiger partial charge is 0.388 e. The van der Waals surface area contributed by atoms with Gasteiger partial charge in [0.2, 0.25) is 0 Å². The lowest BCUT2D eigenvalue weighted by Gasteiger charge is -1.97. The molecule has 1 N–H and O–H groups in total. The van der Waals surface area contributed by atoms with Crippen molar-refractivity contribution in [2.45, 2.75) is 6.61 Å². The van der Waals surface area contributed by atoms with Gasteiger partial charge in [-0.3, -0.25) is 0 Å². The van der Waals surface area contributed by atoms with Crippen molar-refractivity contribution in [2.24, 2.45) is 0 Å². The average Bonchev–Trinajstić information content (AvgIpc) is 2.65. The smallest absolute Gasteiger partial charge is 0.154 e. The van der Waals surface area contributed by atoms with Crippen LogP contribution in [0.5, 0.6) is 0 Å². The van der Waals surface area contributed by atoms with E-state index in [-0.39, 0.29) is 6.61 Å². The van der Waals surface area contributed by atoms with Crippen molar-refractivity contribution < 1.29 is 5.11 Å². The van der Waals surface area contributed by atoms with Crippen LogP contribution in [0.4, 0.5) is 0 Å². The van der Waals surface area contributed by atoms with E-state index in [9.17, 15) is 0 Å². The van der Waals surface area contributed by atoms with E-state index in [0.29, 0.717) is 5.82 Å². The molecular weight excluding hydrogens is 264 g/mol. The summed E-state index contributed by atoms with van der Waals surface area (Å²) in [5.74, 6) is 0.451. The van der Waals surface area contributed by atoms with Gasteiger partial charge in [0.05, 0.1) is 14.4 Å². The SMILES string of the molecule is OCc1nccc(-c2ccc(Br)s2)n1. The Labute approximate surface area is 93.6 Å². The summed E-state index contributed by atoms with van der Waals surface area (Å²) in [5.41, 5.74) is 0.847. The summed E-state index contributed by atoms with van der Waals surface area (Å²) in [6.45, 7) is -0.125. The van der Waals surface area contributed by atoms with Gasteiger partial charge in [0.25, 0.3) is 0 Å². The van der Waals surface area contributed by atoms with E-state index in [1.165, 1.54) is 0 Å². The molecule has 0 saturated carbocycles. The minimum Gasteiger partial charge on any atom is -0.388 e. The first-order valence-corrected chi connectivity index (χ1v) is 5.59. The van der Waals surface area contributed by atoms with E-state index < -0.39 is 0 Å². The van der Waals surface area contributed by atoms with E-state index in [1.807, 2.05) is 18.2 Å². The van der Waals surface area contributed by atoms with Crippen molar-refractivity contribution in [3.05, 3.63) is 34.0 Å². The highest BCUT2D eigenvalue weighted by Gasteiger charge is 2.03. The molecule has 0 radical (unpaired) electrons. The Hall–Kier alpha value is -0.780. The predicted molar refractivity (Wildman–Crippen MR) is 59.0 cm³/mol. The van der Waals surface area contributed by atoms with Crippen molar-refractivity contribution in [1.82, 2.24) is 9.97 Å². The summed E-state index contributed by atoms with van der Waals surface area (Å²) in [4.78, 5) is 9.19. The first kappa shape index (κ1) is 9.76. The van der Waals surface area contributed by atoms with Crippen LogP contribution < -0.4 is 0 Å². The lowest BCUT2D eigenvalue weighted by atomic mass is 10.3. The topological polar surface area (TPSA) is 46.0 Å². The maximum atomic E-state index is 8.88. The number of hydrogen-bond donors (Lipinski definition) is 1. The third-order valence-electron chi connectivity index (χ3n) is 1.67. The first-order chi connectivity index (χ1) is 6.79. The van der Waals surface area contributed by atoms with Gasteiger partial charge in [-0.2, -0.15) is 0 Å². The zero-order chi connectivity index (χ0) is 9.97. The molecule has 2 heterocycles. The second kappa shape index (κ2) is 4.16. The Bertz CT molecular complexity index is 444. The molecule has 0 aromatic carbocycles. The molecule has 0 aliphatic rings. The molecule has 0 bridgehead atoms. The quantitative estimate of drug-likeness (QED) is 0.912. The van der Waals surface area contributed by atoms with Crippen molar-refractivity contribution in [3.63, 3.8) is 0 Å². The summed E-state index contributed by atoms with van der Waals surface area (Å²) in [6, 6.07) is 5.79. The van der Waals surface area contributed by atoms with Crippen LogP contribution in [0.3, 0.4) is 0 Å². The lowest BCUT2D eigenvalue weighted by molar-refractivity contribution is 0.271. The normalized spacial score (nSPS) is 10.4. The van der Waals surface area contributed by atoms with E-state index >= 15 is 0 Å². The third-order valence-corrected chi connectivity index (χ3v) is 3.32. The average molecular weight is 271 g/mol. The number of hydrogen-bond acceptors (Lipinski definition) is 4. The molecule has 0 unspecified atom stereocenters. The summed E-state index contributed by atoms with van der Waals surface area (Å²) in [6.07, 6.45) is 1.65. The number of aliphatic hydroxyl groups is 1. The molecule has 2 aromatic heterocycles. The predicted octanol–water partition coefficient (Wildman–Crippen LogP) is 2.46. The van der Waals surface area contributed by atoms with Gasteiger partial charge in [0.1, 0.15) is 6.61 Å². The summed E-state index contributed by atoms with van der Waals surface area (Å²) >= 11 is 5.00. The molecule has 2 aromatic rings. The van der Waals surface area contributed by atoms with Crippen LogP contribution in [0, 0.1) is 0 Å². The molecule has 3 nitrogen and oxygen atoms in total.